The van der Waals surface area contributed by atoms with E-state index in [9.17, 15) is 4.79 Å². The highest BCUT2D eigenvalue weighted by Crippen LogP contribution is 2.30. The lowest BCUT2D eigenvalue weighted by Gasteiger charge is -2.08. The summed E-state index contributed by atoms with van der Waals surface area (Å²) in [6.07, 6.45) is 6.71. The fourth-order valence-corrected chi connectivity index (χ4v) is 4.25. The zero-order valence-electron chi connectivity index (χ0n) is 11.3. The molecule has 1 saturated heterocycles. The topological polar surface area (TPSA) is 41.1 Å². The van der Waals surface area contributed by atoms with Crippen molar-refractivity contribution in [1.82, 2.24) is 10.6 Å². The fraction of sp³-hybridized carbons (Fsp3) is 0.667. The number of carbonyl (C=O) groups excluding carboxylic acids is 1. The van der Waals surface area contributed by atoms with Crippen molar-refractivity contribution in [2.75, 3.05) is 13.1 Å². The van der Waals surface area contributed by atoms with Crippen molar-refractivity contribution in [3.05, 3.63) is 21.4 Å². The first-order chi connectivity index (χ1) is 9.31. The van der Waals surface area contributed by atoms with Gasteiger partial charge in [-0.3, -0.25) is 4.79 Å². The summed E-state index contributed by atoms with van der Waals surface area (Å²) in [4.78, 5) is 14.7. The number of nitrogens with one attached hydrogen (secondary N) is 2. The second-order valence-corrected chi connectivity index (χ2v) is 6.91. The molecule has 0 aromatic carbocycles. The van der Waals surface area contributed by atoms with Crippen LogP contribution in [0.15, 0.2) is 6.07 Å². The lowest BCUT2D eigenvalue weighted by molar-refractivity contribution is -0.121. The minimum absolute atomic E-state index is 0.209. The SMILES string of the molecule is O=C(CCC1CCNC1)NCc1cc2c(s1)CCC2. The molecule has 0 bridgehead atoms. The Hall–Kier alpha value is -0.870. The Morgan fingerprint density at radius 3 is 3.21 bits per heavy atom. The van der Waals surface area contributed by atoms with Crippen LogP contribution < -0.4 is 10.6 Å². The number of hydrogen-bond acceptors (Lipinski definition) is 3. The molecule has 0 spiro atoms. The molecule has 3 nitrogen and oxygen atoms in total. The van der Waals surface area contributed by atoms with Gasteiger partial charge in [0.15, 0.2) is 0 Å². The summed E-state index contributed by atoms with van der Waals surface area (Å²) in [5.41, 5.74) is 1.52. The molecule has 1 amide bonds. The van der Waals surface area contributed by atoms with E-state index in [1.807, 2.05) is 11.3 Å². The minimum atomic E-state index is 0.209. The van der Waals surface area contributed by atoms with Gasteiger partial charge in [-0.1, -0.05) is 0 Å². The maximum absolute atomic E-state index is 11.8. The maximum atomic E-state index is 11.8. The summed E-state index contributed by atoms with van der Waals surface area (Å²) in [7, 11) is 0. The van der Waals surface area contributed by atoms with Crippen molar-refractivity contribution < 1.29 is 4.79 Å². The first-order valence-corrected chi connectivity index (χ1v) is 8.21. The van der Waals surface area contributed by atoms with Gasteiger partial charge < -0.3 is 10.6 Å². The van der Waals surface area contributed by atoms with E-state index in [4.69, 9.17) is 0 Å². The molecule has 0 radical (unpaired) electrons. The van der Waals surface area contributed by atoms with E-state index in [0.29, 0.717) is 12.3 Å². The Kier molecular flexibility index (Phi) is 4.18. The van der Waals surface area contributed by atoms with E-state index in [2.05, 4.69) is 16.7 Å². The highest BCUT2D eigenvalue weighted by atomic mass is 32.1. The fourth-order valence-electron chi connectivity index (χ4n) is 3.05. The molecule has 19 heavy (non-hydrogen) atoms. The van der Waals surface area contributed by atoms with Crippen LogP contribution in [-0.4, -0.2) is 19.0 Å². The van der Waals surface area contributed by atoms with Crippen LogP contribution in [0.4, 0.5) is 0 Å². The summed E-state index contributed by atoms with van der Waals surface area (Å²) in [5, 5.41) is 6.41. The van der Waals surface area contributed by atoms with Gasteiger partial charge >= 0.3 is 0 Å². The first kappa shape index (κ1) is 13.1. The second kappa shape index (κ2) is 6.06. The Bertz CT molecular complexity index is 427. The number of fused-ring (bicyclic) bond motifs is 1. The van der Waals surface area contributed by atoms with Gasteiger partial charge in [0.2, 0.25) is 5.91 Å². The molecule has 3 rings (SSSR count). The summed E-state index contributed by atoms with van der Waals surface area (Å²) in [6, 6.07) is 2.29. The van der Waals surface area contributed by atoms with Gasteiger partial charge in [-0.05, 0) is 62.7 Å². The minimum Gasteiger partial charge on any atom is -0.351 e. The van der Waals surface area contributed by atoms with Crippen molar-refractivity contribution in [3.63, 3.8) is 0 Å². The Morgan fingerprint density at radius 1 is 1.47 bits per heavy atom. The van der Waals surface area contributed by atoms with Gasteiger partial charge in [0.25, 0.3) is 0 Å². The van der Waals surface area contributed by atoms with E-state index in [1.165, 1.54) is 36.1 Å². The van der Waals surface area contributed by atoms with Gasteiger partial charge in [0, 0.05) is 16.2 Å². The van der Waals surface area contributed by atoms with E-state index in [0.717, 1.165) is 26.1 Å². The van der Waals surface area contributed by atoms with Crippen LogP contribution in [0.1, 0.15) is 41.0 Å². The molecule has 2 aliphatic rings. The summed E-state index contributed by atoms with van der Waals surface area (Å²) in [6.45, 7) is 2.93. The number of hydrogen-bond donors (Lipinski definition) is 2. The number of thiophene rings is 1. The molecular weight excluding hydrogens is 256 g/mol. The number of carbonyl (C=O) groups is 1. The Balaban J connectivity index is 1.39. The van der Waals surface area contributed by atoms with Crippen LogP contribution >= 0.6 is 11.3 Å². The van der Waals surface area contributed by atoms with E-state index < -0.39 is 0 Å². The second-order valence-electron chi connectivity index (χ2n) is 5.69. The van der Waals surface area contributed by atoms with Crippen LogP contribution in [0, 0.1) is 5.92 Å². The van der Waals surface area contributed by atoms with Crippen molar-refractivity contribution >= 4 is 17.2 Å². The molecule has 0 saturated carbocycles. The Labute approximate surface area is 118 Å². The highest BCUT2D eigenvalue weighted by molar-refractivity contribution is 7.12. The Morgan fingerprint density at radius 2 is 2.42 bits per heavy atom. The summed E-state index contributed by atoms with van der Waals surface area (Å²) in [5.74, 6) is 0.914. The predicted octanol–water partition coefficient (Wildman–Crippen LogP) is 2.24. The number of aryl methyl sites for hydroxylation is 2. The lowest BCUT2D eigenvalue weighted by atomic mass is 10.0. The summed E-state index contributed by atoms with van der Waals surface area (Å²) >= 11 is 1.88. The van der Waals surface area contributed by atoms with Crippen molar-refractivity contribution in [1.29, 1.82) is 0 Å². The molecule has 1 fully saturated rings. The van der Waals surface area contributed by atoms with Crippen LogP contribution in [-0.2, 0) is 24.2 Å². The number of amides is 1. The largest absolute Gasteiger partial charge is 0.351 e. The van der Waals surface area contributed by atoms with Crippen molar-refractivity contribution in [2.24, 2.45) is 5.92 Å². The smallest absolute Gasteiger partial charge is 0.220 e. The highest BCUT2D eigenvalue weighted by Gasteiger charge is 2.17. The lowest BCUT2D eigenvalue weighted by Crippen LogP contribution is -2.23. The average Bonchev–Trinajstić information content (AvgIpc) is 3.09. The molecule has 1 aliphatic carbocycles. The number of rotatable bonds is 5. The monoisotopic (exact) mass is 278 g/mol. The van der Waals surface area contributed by atoms with E-state index >= 15 is 0 Å². The quantitative estimate of drug-likeness (QED) is 0.867. The summed E-state index contributed by atoms with van der Waals surface area (Å²) < 4.78 is 0. The van der Waals surface area contributed by atoms with E-state index in [-0.39, 0.29) is 5.91 Å². The molecule has 1 aromatic heterocycles. The van der Waals surface area contributed by atoms with Gasteiger partial charge in [0.05, 0.1) is 6.54 Å². The average molecular weight is 278 g/mol. The molecule has 2 N–H and O–H groups in total. The third-order valence-electron chi connectivity index (χ3n) is 4.20. The molecule has 2 heterocycles. The van der Waals surface area contributed by atoms with Crippen LogP contribution in [0.2, 0.25) is 0 Å². The van der Waals surface area contributed by atoms with Gasteiger partial charge in [-0.2, -0.15) is 0 Å². The zero-order valence-corrected chi connectivity index (χ0v) is 12.2. The first-order valence-electron chi connectivity index (χ1n) is 7.39. The third-order valence-corrected chi connectivity index (χ3v) is 5.44. The van der Waals surface area contributed by atoms with Gasteiger partial charge in [-0.15, -0.1) is 11.3 Å². The molecule has 1 atom stereocenters. The van der Waals surface area contributed by atoms with Crippen LogP contribution in [0.25, 0.3) is 0 Å². The molecule has 104 valence electrons. The molecule has 1 aliphatic heterocycles. The van der Waals surface area contributed by atoms with Crippen LogP contribution in [0.3, 0.4) is 0 Å². The molecule has 4 heteroatoms. The van der Waals surface area contributed by atoms with Crippen molar-refractivity contribution in [2.45, 2.75) is 45.1 Å². The zero-order chi connectivity index (χ0) is 13.1. The predicted molar refractivity (Wildman–Crippen MR) is 78.4 cm³/mol. The van der Waals surface area contributed by atoms with Crippen molar-refractivity contribution in [3.8, 4) is 0 Å². The standard InChI is InChI=1S/C15H22N2OS/c18-15(5-4-11-6-7-16-9-11)17-10-13-8-12-2-1-3-14(12)19-13/h8,11,16H,1-7,9-10H2,(H,17,18). The molecular formula is C15H22N2OS. The van der Waals surface area contributed by atoms with Crippen LogP contribution in [0.5, 0.6) is 0 Å². The van der Waals surface area contributed by atoms with E-state index in [1.54, 1.807) is 4.88 Å². The molecule has 1 aromatic rings. The normalized spacial score (nSPS) is 21.6. The maximum Gasteiger partial charge on any atom is 0.220 e. The van der Waals surface area contributed by atoms with Gasteiger partial charge in [0.1, 0.15) is 0 Å². The van der Waals surface area contributed by atoms with Gasteiger partial charge in [-0.25, -0.2) is 0 Å². The molecule has 1 unspecified atom stereocenters. The third kappa shape index (κ3) is 3.37.